The van der Waals surface area contributed by atoms with Gasteiger partial charge in [-0.3, -0.25) is 0 Å². The quantitative estimate of drug-likeness (QED) is 0.717. The molecule has 0 bridgehead atoms. The highest BCUT2D eigenvalue weighted by Gasteiger charge is 2.23. The van der Waals surface area contributed by atoms with Crippen molar-refractivity contribution in [2.75, 3.05) is 24.6 Å². The minimum Gasteiger partial charge on any atom is -0.314 e. The van der Waals surface area contributed by atoms with Gasteiger partial charge in [0.1, 0.15) is 0 Å². The molecule has 1 saturated heterocycles. The molecule has 0 aromatic rings. The molecule has 2 unspecified atom stereocenters. The van der Waals surface area contributed by atoms with Crippen LogP contribution in [0.15, 0.2) is 0 Å². The van der Waals surface area contributed by atoms with Crippen LogP contribution in [0.2, 0.25) is 0 Å². The summed E-state index contributed by atoms with van der Waals surface area (Å²) in [4.78, 5) is 0. The van der Waals surface area contributed by atoms with Crippen LogP contribution in [0.3, 0.4) is 0 Å². The van der Waals surface area contributed by atoms with Crippen molar-refractivity contribution in [2.24, 2.45) is 0 Å². The average Bonchev–Trinajstić information content (AvgIpc) is 2.25. The molecule has 102 valence electrons. The van der Waals surface area contributed by atoms with Crippen LogP contribution in [0.25, 0.3) is 0 Å². The molecular weight excluding hydrogens is 236 g/mol. The summed E-state index contributed by atoms with van der Waals surface area (Å²) in [5, 5.41) is 6.73. The summed E-state index contributed by atoms with van der Waals surface area (Å²) in [6.07, 6.45) is 4.58. The van der Waals surface area contributed by atoms with Crippen LogP contribution in [0.5, 0.6) is 0 Å². The van der Waals surface area contributed by atoms with Gasteiger partial charge in [-0.25, -0.2) is 8.42 Å². The topological polar surface area (TPSA) is 58.2 Å². The Labute approximate surface area is 105 Å². The van der Waals surface area contributed by atoms with Crippen LogP contribution in [0.4, 0.5) is 0 Å². The second kappa shape index (κ2) is 7.34. The molecule has 0 aromatic heterocycles. The Morgan fingerprint density at radius 1 is 1.47 bits per heavy atom. The standard InChI is InChI=1S/C12H26N2O2S/c1-3-4-5-11(2)13-7-6-12-10-17(15,16)9-8-14-12/h11-14H,3-10H2,1-2H3. The molecule has 0 aromatic carbocycles. The molecule has 4 nitrogen and oxygen atoms in total. The first kappa shape index (κ1) is 14.9. The minimum absolute atomic E-state index is 0.139. The second-order valence-electron chi connectivity index (χ2n) is 5.05. The van der Waals surface area contributed by atoms with Crippen molar-refractivity contribution < 1.29 is 8.42 Å². The van der Waals surface area contributed by atoms with Crippen molar-refractivity contribution in [3.63, 3.8) is 0 Å². The van der Waals surface area contributed by atoms with E-state index in [1.165, 1.54) is 19.3 Å². The minimum atomic E-state index is -2.79. The molecule has 0 saturated carbocycles. The van der Waals surface area contributed by atoms with Gasteiger partial charge in [0.05, 0.1) is 11.5 Å². The van der Waals surface area contributed by atoms with Crippen LogP contribution < -0.4 is 10.6 Å². The van der Waals surface area contributed by atoms with Gasteiger partial charge in [-0.2, -0.15) is 0 Å². The van der Waals surface area contributed by atoms with Crippen LogP contribution in [-0.2, 0) is 9.84 Å². The molecule has 5 heteroatoms. The fourth-order valence-corrected chi connectivity index (χ4v) is 3.66. The highest BCUT2D eigenvalue weighted by atomic mass is 32.2. The van der Waals surface area contributed by atoms with Crippen LogP contribution >= 0.6 is 0 Å². The van der Waals surface area contributed by atoms with Gasteiger partial charge >= 0.3 is 0 Å². The summed E-state index contributed by atoms with van der Waals surface area (Å²) < 4.78 is 22.9. The van der Waals surface area contributed by atoms with Crippen LogP contribution in [0, 0.1) is 0 Å². The molecule has 1 fully saturated rings. The molecule has 0 amide bonds. The zero-order valence-electron chi connectivity index (χ0n) is 11.0. The molecule has 0 spiro atoms. The van der Waals surface area contributed by atoms with Gasteiger partial charge in [0.2, 0.25) is 0 Å². The molecule has 0 aliphatic carbocycles. The Morgan fingerprint density at radius 3 is 2.88 bits per heavy atom. The molecule has 1 rings (SSSR count). The van der Waals surface area contributed by atoms with E-state index >= 15 is 0 Å². The largest absolute Gasteiger partial charge is 0.314 e. The van der Waals surface area contributed by atoms with Gasteiger partial charge in [0, 0.05) is 18.6 Å². The van der Waals surface area contributed by atoms with E-state index in [4.69, 9.17) is 0 Å². The van der Waals surface area contributed by atoms with Gasteiger partial charge in [-0.15, -0.1) is 0 Å². The lowest BCUT2D eigenvalue weighted by molar-refractivity contribution is 0.442. The van der Waals surface area contributed by atoms with Gasteiger partial charge < -0.3 is 10.6 Å². The summed E-state index contributed by atoms with van der Waals surface area (Å²) in [6.45, 7) is 5.90. The third-order valence-corrected chi connectivity index (χ3v) is 5.01. The third kappa shape index (κ3) is 6.38. The Morgan fingerprint density at radius 2 is 2.24 bits per heavy atom. The molecular formula is C12H26N2O2S. The monoisotopic (exact) mass is 262 g/mol. The van der Waals surface area contributed by atoms with Gasteiger partial charge in [-0.1, -0.05) is 19.8 Å². The normalized spacial score (nSPS) is 25.6. The van der Waals surface area contributed by atoms with Crippen molar-refractivity contribution in [3.05, 3.63) is 0 Å². The van der Waals surface area contributed by atoms with Crippen molar-refractivity contribution in [2.45, 2.75) is 51.6 Å². The lowest BCUT2D eigenvalue weighted by Crippen LogP contribution is -2.46. The third-order valence-electron chi connectivity index (χ3n) is 3.28. The smallest absolute Gasteiger partial charge is 0.153 e. The molecule has 17 heavy (non-hydrogen) atoms. The lowest BCUT2D eigenvalue weighted by Gasteiger charge is -2.24. The fraction of sp³-hybridized carbons (Fsp3) is 1.00. The zero-order chi connectivity index (χ0) is 12.7. The Balaban J connectivity index is 2.14. The first-order valence-electron chi connectivity index (χ1n) is 6.70. The molecule has 1 heterocycles. The predicted molar refractivity (Wildman–Crippen MR) is 72.1 cm³/mol. The van der Waals surface area contributed by atoms with E-state index in [0.717, 1.165) is 13.0 Å². The summed E-state index contributed by atoms with van der Waals surface area (Å²) >= 11 is 0. The SMILES string of the molecule is CCCCC(C)NCCC1CS(=O)(=O)CCN1. The maximum Gasteiger partial charge on any atom is 0.153 e. The second-order valence-corrected chi connectivity index (χ2v) is 7.28. The molecule has 1 aliphatic heterocycles. The van der Waals surface area contributed by atoms with Gasteiger partial charge in [0.25, 0.3) is 0 Å². The van der Waals surface area contributed by atoms with Crippen molar-refractivity contribution in [1.29, 1.82) is 0 Å². The lowest BCUT2D eigenvalue weighted by atomic mass is 10.1. The predicted octanol–water partition coefficient (Wildman–Crippen LogP) is 0.931. The molecule has 1 aliphatic rings. The molecule has 2 N–H and O–H groups in total. The van der Waals surface area contributed by atoms with Crippen molar-refractivity contribution >= 4 is 9.84 Å². The Kier molecular flexibility index (Phi) is 6.44. The summed E-state index contributed by atoms with van der Waals surface area (Å²) in [5.41, 5.74) is 0. The summed E-state index contributed by atoms with van der Waals surface area (Å²) in [6, 6.07) is 0.676. The van der Waals surface area contributed by atoms with Gasteiger partial charge in [-0.05, 0) is 26.3 Å². The number of rotatable bonds is 7. The van der Waals surface area contributed by atoms with Crippen LogP contribution in [0.1, 0.15) is 39.5 Å². The van der Waals surface area contributed by atoms with E-state index in [0.29, 0.717) is 24.1 Å². The Hall–Kier alpha value is -0.130. The Bertz CT molecular complexity index is 304. The van der Waals surface area contributed by atoms with Gasteiger partial charge in [0.15, 0.2) is 9.84 Å². The number of nitrogens with one attached hydrogen (secondary N) is 2. The number of sulfone groups is 1. The van der Waals surface area contributed by atoms with E-state index < -0.39 is 9.84 Å². The van der Waals surface area contributed by atoms with E-state index in [1.807, 2.05) is 0 Å². The number of hydrogen-bond donors (Lipinski definition) is 2. The van der Waals surface area contributed by atoms with E-state index in [1.54, 1.807) is 0 Å². The first-order chi connectivity index (χ1) is 8.03. The maximum absolute atomic E-state index is 11.4. The maximum atomic E-state index is 11.4. The highest BCUT2D eigenvalue weighted by molar-refractivity contribution is 7.91. The fourth-order valence-electron chi connectivity index (χ4n) is 2.17. The first-order valence-corrected chi connectivity index (χ1v) is 8.53. The molecule has 0 radical (unpaired) electrons. The number of unbranched alkanes of at least 4 members (excludes halogenated alkanes) is 1. The summed E-state index contributed by atoms with van der Waals surface area (Å²) in [5.74, 6) is 0.599. The van der Waals surface area contributed by atoms with E-state index in [-0.39, 0.29) is 6.04 Å². The summed E-state index contributed by atoms with van der Waals surface area (Å²) in [7, 11) is -2.79. The highest BCUT2D eigenvalue weighted by Crippen LogP contribution is 2.05. The van der Waals surface area contributed by atoms with E-state index in [9.17, 15) is 8.42 Å². The van der Waals surface area contributed by atoms with E-state index in [2.05, 4.69) is 24.5 Å². The van der Waals surface area contributed by atoms with Crippen molar-refractivity contribution in [3.8, 4) is 0 Å². The number of hydrogen-bond acceptors (Lipinski definition) is 4. The zero-order valence-corrected chi connectivity index (χ0v) is 11.9. The average molecular weight is 262 g/mol. The molecule has 2 atom stereocenters. The van der Waals surface area contributed by atoms with Crippen molar-refractivity contribution in [1.82, 2.24) is 10.6 Å². The van der Waals surface area contributed by atoms with Crippen LogP contribution in [-0.4, -0.2) is 45.1 Å².